The summed E-state index contributed by atoms with van der Waals surface area (Å²) in [6, 6.07) is 6.76. The maximum Gasteiger partial charge on any atom is 0.416 e. The largest absolute Gasteiger partial charge is 0.416 e. The Bertz CT molecular complexity index is 1070. The topological polar surface area (TPSA) is 61.9 Å². The van der Waals surface area contributed by atoms with E-state index in [1.807, 2.05) is 11.8 Å². The van der Waals surface area contributed by atoms with Crippen LogP contribution in [-0.2, 0) is 12.6 Å². The van der Waals surface area contributed by atoms with Gasteiger partial charge in [0.15, 0.2) is 5.65 Å². The van der Waals surface area contributed by atoms with Crippen LogP contribution in [0, 0.1) is 6.92 Å². The number of fused-ring (bicyclic) bond motifs is 1. The van der Waals surface area contributed by atoms with Gasteiger partial charge in [-0.1, -0.05) is 12.1 Å². The lowest BCUT2D eigenvalue weighted by molar-refractivity contribution is -0.137. The number of H-pyrrole nitrogens is 1. The van der Waals surface area contributed by atoms with Crippen LogP contribution in [-0.4, -0.2) is 28.0 Å². The molecule has 28 heavy (non-hydrogen) atoms. The van der Waals surface area contributed by atoms with Crippen LogP contribution in [0.4, 0.5) is 19.1 Å². The van der Waals surface area contributed by atoms with E-state index < -0.39 is 11.7 Å². The Hall–Kier alpha value is -2.90. The fourth-order valence-corrected chi connectivity index (χ4v) is 3.47. The van der Waals surface area contributed by atoms with E-state index in [9.17, 15) is 18.0 Å². The van der Waals surface area contributed by atoms with Crippen molar-refractivity contribution in [3.63, 3.8) is 0 Å². The minimum Gasteiger partial charge on any atom is -0.342 e. The second kappa shape index (κ2) is 6.92. The summed E-state index contributed by atoms with van der Waals surface area (Å²) in [4.78, 5) is 26.4. The van der Waals surface area contributed by atoms with Gasteiger partial charge >= 0.3 is 6.18 Å². The van der Waals surface area contributed by atoms with E-state index in [2.05, 4.69) is 15.0 Å². The molecule has 1 aliphatic heterocycles. The number of nitrogens with zero attached hydrogens (tertiary/aromatic N) is 3. The zero-order valence-corrected chi connectivity index (χ0v) is 15.3. The van der Waals surface area contributed by atoms with Gasteiger partial charge in [-0.3, -0.25) is 9.78 Å². The smallest absolute Gasteiger partial charge is 0.342 e. The van der Waals surface area contributed by atoms with Gasteiger partial charge in [-0.05, 0) is 55.5 Å². The number of benzene rings is 1. The summed E-state index contributed by atoms with van der Waals surface area (Å²) < 4.78 is 38.1. The lowest BCUT2D eigenvalue weighted by atomic mass is 10.0. The third-order valence-corrected chi connectivity index (χ3v) is 5.06. The molecular formula is C20H19F3N4O. The van der Waals surface area contributed by atoms with E-state index >= 15 is 0 Å². The predicted molar refractivity (Wildman–Crippen MR) is 101 cm³/mol. The van der Waals surface area contributed by atoms with Crippen molar-refractivity contribution in [1.82, 2.24) is 15.0 Å². The molecule has 0 saturated carbocycles. The molecule has 0 aliphatic carbocycles. The third kappa shape index (κ3) is 3.58. The molecule has 4 rings (SSSR count). The molecule has 5 nitrogen and oxygen atoms in total. The Kier molecular flexibility index (Phi) is 4.56. The van der Waals surface area contributed by atoms with Crippen molar-refractivity contribution >= 4 is 17.0 Å². The van der Waals surface area contributed by atoms with Crippen molar-refractivity contribution < 1.29 is 13.2 Å². The molecule has 1 fully saturated rings. The number of aromatic amines is 1. The number of aromatic nitrogens is 3. The van der Waals surface area contributed by atoms with Crippen LogP contribution in [0.1, 0.15) is 35.2 Å². The van der Waals surface area contributed by atoms with Gasteiger partial charge in [-0.25, -0.2) is 4.98 Å². The first-order chi connectivity index (χ1) is 13.3. The van der Waals surface area contributed by atoms with Crippen LogP contribution in [0.5, 0.6) is 0 Å². The van der Waals surface area contributed by atoms with Crippen LogP contribution in [0.15, 0.2) is 35.1 Å². The summed E-state index contributed by atoms with van der Waals surface area (Å²) in [5.41, 5.74) is 1.66. The Balaban J connectivity index is 1.66. The number of aryl methyl sites for hydroxylation is 1. The van der Waals surface area contributed by atoms with E-state index in [1.165, 1.54) is 12.1 Å². The van der Waals surface area contributed by atoms with E-state index in [0.717, 1.165) is 49.2 Å². The number of rotatable bonds is 3. The molecule has 0 radical (unpaired) electrons. The summed E-state index contributed by atoms with van der Waals surface area (Å²) in [6.45, 7) is 3.54. The Morgan fingerprint density at radius 2 is 1.79 bits per heavy atom. The molecule has 1 aromatic carbocycles. The highest BCUT2D eigenvalue weighted by molar-refractivity contribution is 5.76. The average molecular weight is 388 g/mol. The van der Waals surface area contributed by atoms with Crippen molar-refractivity contribution in [1.29, 1.82) is 0 Å². The summed E-state index contributed by atoms with van der Waals surface area (Å²) in [7, 11) is 0. The molecule has 0 unspecified atom stereocenters. The lowest BCUT2D eigenvalue weighted by Crippen LogP contribution is -2.24. The van der Waals surface area contributed by atoms with E-state index in [1.54, 1.807) is 6.07 Å². The van der Waals surface area contributed by atoms with Crippen molar-refractivity contribution in [2.45, 2.75) is 32.4 Å². The molecule has 0 spiro atoms. The highest BCUT2D eigenvalue weighted by atomic mass is 19.4. The minimum absolute atomic E-state index is 0.256. The van der Waals surface area contributed by atoms with E-state index in [4.69, 9.17) is 0 Å². The van der Waals surface area contributed by atoms with Gasteiger partial charge in [-0.2, -0.15) is 18.2 Å². The van der Waals surface area contributed by atoms with Gasteiger partial charge in [0, 0.05) is 18.8 Å². The maximum absolute atomic E-state index is 12.7. The molecule has 0 amide bonds. The number of anilines is 1. The lowest BCUT2D eigenvalue weighted by Gasteiger charge is -2.16. The normalized spacial score (nSPS) is 14.8. The predicted octanol–water partition coefficient (Wildman–Crippen LogP) is 3.84. The van der Waals surface area contributed by atoms with Crippen LogP contribution in [0.25, 0.3) is 11.0 Å². The highest BCUT2D eigenvalue weighted by Gasteiger charge is 2.29. The Morgan fingerprint density at radius 1 is 1.11 bits per heavy atom. The van der Waals surface area contributed by atoms with Gasteiger partial charge < -0.3 is 4.90 Å². The summed E-state index contributed by atoms with van der Waals surface area (Å²) in [5.74, 6) is 0.539. The monoisotopic (exact) mass is 388 g/mol. The minimum atomic E-state index is -4.36. The number of hydrogen-bond acceptors (Lipinski definition) is 4. The molecule has 0 bridgehead atoms. The number of hydrogen-bond donors (Lipinski definition) is 1. The quantitative estimate of drug-likeness (QED) is 0.741. The number of halogens is 3. The summed E-state index contributed by atoms with van der Waals surface area (Å²) in [5, 5.41) is 0.385. The molecule has 146 valence electrons. The van der Waals surface area contributed by atoms with Crippen molar-refractivity contribution in [2.75, 3.05) is 18.0 Å². The first-order valence-corrected chi connectivity index (χ1v) is 9.13. The number of alkyl halides is 3. The second-order valence-electron chi connectivity index (χ2n) is 7.06. The molecule has 1 aliphatic rings. The van der Waals surface area contributed by atoms with Gasteiger partial charge in [0.2, 0.25) is 5.95 Å². The summed E-state index contributed by atoms with van der Waals surface area (Å²) >= 11 is 0. The Labute approximate surface area is 159 Å². The molecule has 3 heterocycles. The zero-order valence-electron chi connectivity index (χ0n) is 15.3. The van der Waals surface area contributed by atoms with Crippen LogP contribution < -0.4 is 10.5 Å². The molecule has 1 N–H and O–H groups in total. The average Bonchev–Trinajstić information content (AvgIpc) is 3.17. The Morgan fingerprint density at radius 3 is 2.43 bits per heavy atom. The standard InChI is InChI=1S/C20H19F3N4O/c1-12-14(10-13-4-6-15(7-5-13)20(21,22)23)11-16-17(24-12)25-19(26-18(16)28)27-8-2-3-9-27/h4-7,11H,2-3,8-10H2,1H3,(H,24,25,26,28). The molecule has 8 heteroatoms. The van der Waals surface area contributed by atoms with E-state index in [-0.39, 0.29) is 5.56 Å². The van der Waals surface area contributed by atoms with E-state index in [0.29, 0.717) is 29.1 Å². The van der Waals surface area contributed by atoms with Crippen LogP contribution in [0.2, 0.25) is 0 Å². The van der Waals surface area contributed by atoms with Crippen LogP contribution in [0.3, 0.4) is 0 Å². The fourth-order valence-electron chi connectivity index (χ4n) is 3.47. The van der Waals surface area contributed by atoms with Gasteiger partial charge in [0.1, 0.15) is 0 Å². The van der Waals surface area contributed by atoms with Crippen molar-refractivity contribution in [3.8, 4) is 0 Å². The second-order valence-corrected chi connectivity index (χ2v) is 7.06. The first-order valence-electron chi connectivity index (χ1n) is 9.13. The van der Waals surface area contributed by atoms with Crippen LogP contribution >= 0.6 is 0 Å². The van der Waals surface area contributed by atoms with Gasteiger partial charge in [0.05, 0.1) is 10.9 Å². The van der Waals surface area contributed by atoms with Gasteiger partial charge in [0.25, 0.3) is 5.56 Å². The first kappa shape index (κ1) is 18.5. The number of nitrogens with one attached hydrogen (secondary N) is 1. The fraction of sp³-hybridized carbons (Fsp3) is 0.350. The SMILES string of the molecule is Cc1nc2nc(N3CCCC3)[nH]c(=O)c2cc1Cc1ccc(C(F)(F)F)cc1. The molecule has 0 atom stereocenters. The number of pyridine rings is 1. The molecule has 1 saturated heterocycles. The maximum atomic E-state index is 12.7. The van der Waals surface area contributed by atoms with Crippen molar-refractivity contribution in [2.24, 2.45) is 0 Å². The van der Waals surface area contributed by atoms with Gasteiger partial charge in [-0.15, -0.1) is 0 Å². The molecule has 3 aromatic rings. The third-order valence-electron chi connectivity index (χ3n) is 5.06. The summed E-state index contributed by atoms with van der Waals surface area (Å²) in [6.07, 6.45) is -1.83. The zero-order chi connectivity index (χ0) is 19.9. The molecule has 2 aromatic heterocycles. The highest BCUT2D eigenvalue weighted by Crippen LogP contribution is 2.29. The van der Waals surface area contributed by atoms with Crippen molar-refractivity contribution in [3.05, 3.63) is 63.1 Å². The molecular weight excluding hydrogens is 369 g/mol.